The predicted molar refractivity (Wildman–Crippen MR) is 133 cm³/mol. The van der Waals surface area contributed by atoms with Gasteiger partial charge in [-0.25, -0.2) is 0 Å². The molecule has 0 aliphatic carbocycles. The lowest BCUT2D eigenvalue weighted by atomic mass is 9.86. The summed E-state index contributed by atoms with van der Waals surface area (Å²) >= 11 is 0. The van der Waals surface area contributed by atoms with E-state index in [9.17, 15) is 0 Å². The van der Waals surface area contributed by atoms with Gasteiger partial charge in [-0.2, -0.15) is 0 Å². The molecule has 160 valence electrons. The predicted octanol–water partition coefficient (Wildman–Crippen LogP) is 8.08. The molecular formula is C28H32N2O. The van der Waals surface area contributed by atoms with E-state index < -0.39 is 0 Å². The van der Waals surface area contributed by atoms with Gasteiger partial charge in [-0.15, -0.1) is 0 Å². The van der Waals surface area contributed by atoms with E-state index in [1.54, 1.807) is 0 Å². The van der Waals surface area contributed by atoms with Crippen LogP contribution >= 0.6 is 0 Å². The van der Waals surface area contributed by atoms with E-state index >= 15 is 0 Å². The molecule has 0 radical (unpaired) electrons. The first kappa shape index (κ1) is 21.0. The summed E-state index contributed by atoms with van der Waals surface area (Å²) in [6.45, 7) is 13.4. The zero-order valence-corrected chi connectivity index (χ0v) is 19.4. The van der Waals surface area contributed by atoms with Gasteiger partial charge in [0.25, 0.3) is 0 Å². The molecule has 0 unspecified atom stereocenters. The largest absolute Gasteiger partial charge is 0.462 e. The van der Waals surface area contributed by atoms with Crippen LogP contribution in [0.4, 0.5) is 22.7 Å². The molecule has 3 aromatic carbocycles. The van der Waals surface area contributed by atoms with Gasteiger partial charge in [-0.1, -0.05) is 65.8 Å². The molecule has 0 bridgehead atoms. The summed E-state index contributed by atoms with van der Waals surface area (Å²) in [6.07, 6.45) is 1.85. The van der Waals surface area contributed by atoms with Crippen LogP contribution in [-0.2, 0) is 10.8 Å². The first-order chi connectivity index (χ1) is 14.5. The van der Waals surface area contributed by atoms with Crippen LogP contribution in [0.2, 0.25) is 0 Å². The molecular weight excluding hydrogens is 380 g/mol. The summed E-state index contributed by atoms with van der Waals surface area (Å²) in [4.78, 5) is 2.22. The third-order valence-electron chi connectivity index (χ3n) is 5.78. The second-order valence-electron chi connectivity index (χ2n) is 10.3. The average molecular weight is 413 g/mol. The van der Waals surface area contributed by atoms with Crippen LogP contribution in [0.15, 0.2) is 77.4 Å². The minimum Gasteiger partial charge on any atom is -0.462 e. The van der Waals surface area contributed by atoms with E-state index in [1.807, 2.05) is 24.5 Å². The maximum atomic E-state index is 6.15. The number of furan rings is 1. The lowest BCUT2D eigenvalue weighted by Crippen LogP contribution is -2.13. The highest BCUT2D eigenvalue weighted by molar-refractivity contribution is 5.97. The molecule has 4 rings (SSSR count). The molecule has 4 aromatic rings. The number of nitrogen functional groups attached to an aromatic ring is 1. The molecule has 0 saturated carbocycles. The third kappa shape index (κ3) is 4.18. The highest BCUT2D eigenvalue weighted by Crippen LogP contribution is 2.42. The Hall–Kier alpha value is -3.20. The van der Waals surface area contributed by atoms with E-state index in [0.717, 1.165) is 33.7 Å². The average Bonchev–Trinajstić information content (AvgIpc) is 3.10. The van der Waals surface area contributed by atoms with E-state index in [-0.39, 0.29) is 10.8 Å². The first-order valence-electron chi connectivity index (χ1n) is 10.8. The molecule has 0 fully saturated rings. The number of nitrogens with zero attached hydrogens (tertiary/aromatic N) is 1. The van der Waals surface area contributed by atoms with Gasteiger partial charge >= 0.3 is 0 Å². The minimum absolute atomic E-state index is 0.0547. The number of hydrogen-bond acceptors (Lipinski definition) is 3. The minimum atomic E-state index is 0.0547. The Balaban J connectivity index is 1.92. The molecule has 0 amide bonds. The number of anilines is 4. The monoisotopic (exact) mass is 412 g/mol. The topological polar surface area (TPSA) is 42.4 Å². The highest BCUT2D eigenvalue weighted by Gasteiger charge is 2.22. The summed E-state index contributed by atoms with van der Waals surface area (Å²) in [5.41, 5.74) is 13.6. The van der Waals surface area contributed by atoms with Crippen LogP contribution in [0.5, 0.6) is 0 Å². The Morgan fingerprint density at radius 3 is 1.97 bits per heavy atom. The van der Waals surface area contributed by atoms with Gasteiger partial charge in [0.15, 0.2) is 0 Å². The molecule has 0 saturated heterocycles. The van der Waals surface area contributed by atoms with Gasteiger partial charge in [-0.05, 0) is 64.4 Å². The number of benzene rings is 3. The van der Waals surface area contributed by atoms with Crippen molar-refractivity contribution in [1.29, 1.82) is 0 Å². The zero-order chi connectivity index (χ0) is 22.4. The van der Waals surface area contributed by atoms with Crippen molar-refractivity contribution in [2.24, 2.45) is 0 Å². The number of hydrogen-bond donors (Lipinski definition) is 1. The van der Waals surface area contributed by atoms with Crippen molar-refractivity contribution < 1.29 is 4.42 Å². The number of nitrogens with two attached hydrogens (primary N) is 1. The SMILES string of the molecule is CC(C)(C)c1ccc(N(c2cccc(N)c2)c2coc3ccc(C(C)(C)C)cc23)cc1. The number of rotatable bonds is 3. The normalized spacial score (nSPS) is 12.3. The van der Waals surface area contributed by atoms with Crippen molar-refractivity contribution in [3.8, 4) is 0 Å². The smallest absolute Gasteiger partial charge is 0.136 e. The van der Waals surface area contributed by atoms with Crippen LogP contribution in [0.3, 0.4) is 0 Å². The Labute approximate surface area is 185 Å². The van der Waals surface area contributed by atoms with Gasteiger partial charge in [0.1, 0.15) is 11.8 Å². The zero-order valence-electron chi connectivity index (χ0n) is 19.4. The third-order valence-corrected chi connectivity index (χ3v) is 5.78. The lowest BCUT2D eigenvalue weighted by Gasteiger charge is -2.26. The van der Waals surface area contributed by atoms with Crippen LogP contribution in [0, 0.1) is 0 Å². The van der Waals surface area contributed by atoms with Crippen molar-refractivity contribution in [3.63, 3.8) is 0 Å². The fraction of sp³-hybridized carbons (Fsp3) is 0.286. The van der Waals surface area contributed by atoms with Crippen molar-refractivity contribution in [2.75, 3.05) is 10.6 Å². The van der Waals surface area contributed by atoms with Crippen molar-refractivity contribution in [3.05, 3.63) is 84.1 Å². The molecule has 1 aromatic heterocycles. The Morgan fingerprint density at radius 1 is 0.710 bits per heavy atom. The fourth-order valence-electron chi connectivity index (χ4n) is 3.86. The first-order valence-corrected chi connectivity index (χ1v) is 10.8. The molecule has 0 aliphatic rings. The van der Waals surface area contributed by atoms with Crippen LogP contribution in [0.1, 0.15) is 52.7 Å². The van der Waals surface area contributed by atoms with Gasteiger partial charge in [-0.3, -0.25) is 0 Å². The second kappa shape index (κ2) is 7.49. The second-order valence-corrected chi connectivity index (χ2v) is 10.3. The van der Waals surface area contributed by atoms with Crippen molar-refractivity contribution >= 4 is 33.7 Å². The van der Waals surface area contributed by atoms with Gasteiger partial charge in [0.05, 0.1) is 5.69 Å². The highest BCUT2D eigenvalue weighted by atomic mass is 16.3. The lowest BCUT2D eigenvalue weighted by molar-refractivity contribution is 0.589. The summed E-state index contributed by atoms with van der Waals surface area (Å²) in [7, 11) is 0. The van der Waals surface area contributed by atoms with Gasteiger partial charge in [0.2, 0.25) is 0 Å². The molecule has 1 heterocycles. The molecule has 3 nitrogen and oxygen atoms in total. The standard InChI is InChI=1S/C28H32N2O/c1-27(2,3)19-10-13-22(14-11-19)30(23-9-7-8-21(29)17-23)25-18-31-26-15-12-20(16-24(25)26)28(4,5)6/h7-18H,29H2,1-6H3. The van der Waals surface area contributed by atoms with E-state index in [2.05, 4.69) is 95.0 Å². The van der Waals surface area contributed by atoms with E-state index in [0.29, 0.717) is 0 Å². The molecule has 2 N–H and O–H groups in total. The molecule has 0 spiro atoms. The molecule has 0 atom stereocenters. The van der Waals surface area contributed by atoms with Gasteiger partial charge in [0, 0.05) is 22.4 Å². The van der Waals surface area contributed by atoms with E-state index in [1.165, 1.54) is 11.1 Å². The number of fused-ring (bicyclic) bond motifs is 1. The van der Waals surface area contributed by atoms with Crippen molar-refractivity contribution in [1.82, 2.24) is 0 Å². The maximum Gasteiger partial charge on any atom is 0.136 e. The quantitative estimate of drug-likeness (QED) is 0.346. The van der Waals surface area contributed by atoms with Crippen LogP contribution in [-0.4, -0.2) is 0 Å². The van der Waals surface area contributed by atoms with Crippen molar-refractivity contribution in [2.45, 2.75) is 52.4 Å². The Bertz CT molecular complexity index is 1200. The summed E-state index contributed by atoms with van der Waals surface area (Å²) in [5, 5.41) is 1.09. The van der Waals surface area contributed by atoms with Crippen LogP contribution < -0.4 is 10.6 Å². The Morgan fingerprint density at radius 2 is 1.35 bits per heavy atom. The maximum absolute atomic E-state index is 6.15. The summed E-state index contributed by atoms with van der Waals surface area (Å²) in [5.74, 6) is 0. The van der Waals surface area contributed by atoms with Crippen LogP contribution in [0.25, 0.3) is 11.0 Å². The molecule has 31 heavy (non-hydrogen) atoms. The molecule has 0 aliphatic heterocycles. The summed E-state index contributed by atoms with van der Waals surface area (Å²) in [6, 6.07) is 23.2. The molecule has 3 heteroatoms. The van der Waals surface area contributed by atoms with Gasteiger partial charge < -0.3 is 15.1 Å². The Kier molecular flexibility index (Phi) is 5.09. The fourth-order valence-corrected chi connectivity index (χ4v) is 3.86. The summed E-state index contributed by atoms with van der Waals surface area (Å²) < 4.78 is 5.98. The van der Waals surface area contributed by atoms with E-state index in [4.69, 9.17) is 10.2 Å².